The van der Waals surface area contributed by atoms with Crippen molar-refractivity contribution in [3.63, 3.8) is 0 Å². The minimum Gasteiger partial charge on any atom is -0.493 e. The van der Waals surface area contributed by atoms with E-state index in [0.717, 1.165) is 25.3 Å². The maximum Gasteiger partial charge on any atom is 0.233 e. The molecule has 0 atom stereocenters. The molecule has 19 heavy (non-hydrogen) atoms. The highest BCUT2D eigenvalue weighted by molar-refractivity contribution is 5.77. The van der Waals surface area contributed by atoms with Crippen LogP contribution in [0.2, 0.25) is 0 Å². The van der Waals surface area contributed by atoms with E-state index in [2.05, 4.69) is 10.2 Å². The second-order valence-electron chi connectivity index (χ2n) is 4.32. The van der Waals surface area contributed by atoms with Crippen LogP contribution in [0.3, 0.4) is 0 Å². The highest BCUT2D eigenvalue weighted by Gasteiger charge is 2.06. The van der Waals surface area contributed by atoms with Crippen molar-refractivity contribution < 1.29 is 9.53 Å². The number of nitrogens with zero attached hydrogens (tertiary/aromatic N) is 1. The van der Waals surface area contributed by atoms with Gasteiger partial charge in [-0.2, -0.15) is 0 Å². The summed E-state index contributed by atoms with van der Waals surface area (Å²) in [6.07, 6.45) is 0.875. The fourth-order valence-electron chi connectivity index (χ4n) is 1.71. The molecule has 0 aliphatic rings. The number of benzene rings is 1. The largest absolute Gasteiger partial charge is 0.493 e. The van der Waals surface area contributed by atoms with Crippen LogP contribution in [0.25, 0.3) is 0 Å². The Morgan fingerprint density at radius 1 is 1.47 bits per heavy atom. The van der Waals surface area contributed by atoms with Gasteiger partial charge in [-0.3, -0.25) is 9.69 Å². The van der Waals surface area contributed by atoms with E-state index in [1.165, 1.54) is 0 Å². The molecule has 0 spiro atoms. The van der Waals surface area contributed by atoms with Gasteiger partial charge in [0.2, 0.25) is 5.91 Å². The molecule has 1 aromatic rings. The van der Waals surface area contributed by atoms with Crippen molar-refractivity contribution in [3.05, 3.63) is 24.3 Å². The minimum atomic E-state index is 0.0404. The molecule has 1 amide bonds. The van der Waals surface area contributed by atoms with Crippen molar-refractivity contribution in [2.75, 3.05) is 39.0 Å². The molecule has 0 bridgehead atoms. The first-order valence-corrected chi connectivity index (χ1v) is 6.57. The van der Waals surface area contributed by atoms with E-state index in [0.29, 0.717) is 18.8 Å². The Hall–Kier alpha value is -1.75. The van der Waals surface area contributed by atoms with Crippen LogP contribution in [0, 0.1) is 0 Å². The van der Waals surface area contributed by atoms with E-state index in [4.69, 9.17) is 10.5 Å². The van der Waals surface area contributed by atoms with E-state index in [1.54, 1.807) is 7.05 Å². The molecule has 0 radical (unpaired) electrons. The van der Waals surface area contributed by atoms with Crippen molar-refractivity contribution in [2.24, 2.45) is 0 Å². The molecule has 0 unspecified atom stereocenters. The monoisotopic (exact) mass is 265 g/mol. The molecule has 106 valence electrons. The molecule has 5 heteroatoms. The minimum absolute atomic E-state index is 0.0404. The average molecular weight is 265 g/mol. The smallest absolute Gasteiger partial charge is 0.233 e. The molecule has 0 aliphatic heterocycles. The van der Waals surface area contributed by atoms with Crippen molar-refractivity contribution >= 4 is 11.6 Å². The maximum absolute atomic E-state index is 11.3. The topological polar surface area (TPSA) is 67.6 Å². The Kier molecular flexibility index (Phi) is 6.74. The fraction of sp³-hybridized carbons (Fsp3) is 0.500. The van der Waals surface area contributed by atoms with Gasteiger partial charge in [-0.25, -0.2) is 0 Å². The van der Waals surface area contributed by atoms with E-state index in [1.807, 2.05) is 31.2 Å². The van der Waals surface area contributed by atoms with E-state index in [-0.39, 0.29) is 5.91 Å². The first-order chi connectivity index (χ1) is 9.15. The second kappa shape index (κ2) is 8.37. The number of likely N-dealkylation sites (N-methyl/N-ethyl adjacent to an activating group) is 2. The maximum atomic E-state index is 11.3. The van der Waals surface area contributed by atoms with E-state index in [9.17, 15) is 4.79 Å². The number of nitrogens with two attached hydrogens (primary N) is 1. The number of rotatable bonds is 8. The molecule has 0 aliphatic carbocycles. The van der Waals surface area contributed by atoms with Gasteiger partial charge < -0.3 is 15.8 Å². The number of hydrogen-bond acceptors (Lipinski definition) is 4. The molecule has 0 saturated carbocycles. The number of hydrogen-bond donors (Lipinski definition) is 2. The Bertz CT molecular complexity index is 396. The highest BCUT2D eigenvalue weighted by atomic mass is 16.5. The SMILES string of the molecule is CCN(CCCOc1cccc(N)c1)CC(=O)NC. The van der Waals surface area contributed by atoms with Crippen LogP contribution in [0.4, 0.5) is 5.69 Å². The Labute approximate surface area is 114 Å². The lowest BCUT2D eigenvalue weighted by Gasteiger charge is -2.19. The highest BCUT2D eigenvalue weighted by Crippen LogP contribution is 2.14. The van der Waals surface area contributed by atoms with E-state index >= 15 is 0 Å². The standard InChI is InChI=1S/C14H23N3O2/c1-3-17(11-14(18)16-2)8-5-9-19-13-7-4-6-12(15)10-13/h4,6-7,10H,3,5,8-9,11,15H2,1-2H3,(H,16,18). The van der Waals surface area contributed by atoms with E-state index < -0.39 is 0 Å². The van der Waals surface area contributed by atoms with Crippen molar-refractivity contribution in [2.45, 2.75) is 13.3 Å². The summed E-state index contributed by atoms with van der Waals surface area (Å²) in [7, 11) is 1.65. The van der Waals surface area contributed by atoms with Crippen molar-refractivity contribution in [1.82, 2.24) is 10.2 Å². The second-order valence-corrected chi connectivity index (χ2v) is 4.32. The Morgan fingerprint density at radius 2 is 2.26 bits per heavy atom. The Morgan fingerprint density at radius 3 is 2.89 bits per heavy atom. The zero-order valence-corrected chi connectivity index (χ0v) is 11.7. The fourth-order valence-corrected chi connectivity index (χ4v) is 1.71. The summed E-state index contributed by atoms with van der Waals surface area (Å²) in [6.45, 7) is 4.79. The van der Waals surface area contributed by atoms with Gasteiger partial charge in [-0.15, -0.1) is 0 Å². The predicted molar refractivity (Wildman–Crippen MR) is 77.1 cm³/mol. The van der Waals surface area contributed by atoms with Crippen LogP contribution in [0.1, 0.15) is 13.3 Å². The van der Waals surface area contributed by atoms with Crippen LogP contribution >= 0.6 is 0 Å². The molecule has 1 aromatic carbocycles. The van der Waals surface area contributed by atoms with Gasteiger partial charge in [0.25, 0.3) is 0 Å². The third-order valence-electron chi connectivity index (χ3n) is 2.84. The number of nitrogen functional groups attached to an aromatic ring is 1. The van der Waals surface area contributed by atoms with Crippen LogP contribution in [0.5, 0.6) is 5.75 Å². The van der Waals surface area contributed by atoms with Gasteiger partial charge in [0.15, 0.2) is 0 Å². The number of amides is 1. The van der Waals surface area contributed by atoms with Gasteiger partial charge >= 0.3 is 0 Å². The molecule has 0 fully saturated rings. The number of carbonyl (C=O) groups excluding carboxylic acids is 1. The number of nitrogens with one attached hydrogen (secondary N) is 1. The summed E-state index contributed by atoms with van der Waals surface area (Å²) >= 11 is 0. The molecule has 1 rings (SSSR count). The molecular formula is C14H23N3O2. The third-order valence-corrected chi connectivity index (χ3v) is 2.84. The average Bonchev–Trinajstić information content (AvgIpc) is 2.42. The van der Waals surface area contributed by atoms with Gasteiger partial charge in [-0.1, -0.05) is 13.0 Å². The number of carbonyl (C=O) groups is 1. The first kappa shape index (κ1) is 15.3. The zero-order chi connectivity index (χ0) is 14.1. The summed E-state index contributed by atoms with van der Waals surface area (Å²) < 4.78 is 5.61. The van der Waals surface area contributed by atoms with Gasteiger partial charge in [0, 0.05) is 25.3 Å². The lowest BCUT2D eigenvalue weighted by atomic mass is 10.3. The molecular weight excluding hydrogens is 242 g/mol. The number of anilines is 1. The van der Waals surface area contributed by atoms with Crippen molar-refractivity contribution in [3.8, 4) is 5.75 Å². The normalized spacial score (nSPS) is 10.5. The first-order valence-electron chi connectivity index (χ1n) is 6.57. The van der Waals surface area contributed by atoms with Gasteiger partial charge in [-0.05, 0) is 25.1 Å². The summed E-state index contributed by atoms with van der Waals surface area (Å²) in [6, 6.07) is 7.39. The lowest BCUT2D eigenvalue weighted by Crippen LogP contribution is -2.36. The molecule has 5 nitrogen and oxygen atoms in total. The molecule has 0 heterocycles. The van der Waals surface area contributed by atoms with Crippen LogP contribution in [0.15, 0.2) is 24.3 Å². The quantitative estimate of drug-likeness (QED) is 0.546. The summed E-state index contributed by atoms with van der Waals surface area (Å²) in [5.74, 6) is 0.827. The summed E-state index contributed by atoms with van der Waals surface area (Å²) in [5.41, 5.74) is 6.37. The van der Waals surface area contributed by atoms with Gasteiger partial charge in [0.05, 0.1) is 13.2 Å². The summed E-state index contributed by atoms with van der Waals surface area (Å²) in [5, 5.41) is 2.63. The van der Waals surface area contributed by atoms with Crippen LogP contribution in [-0.4, -0.2) is 44.1 Å². The van der Waals surface area contributed by atoms with Crippen molar-refractivity contribution in [1.29, 1.82) is 0 Å². The van der Waals surface area contributed by atoms with Crippen LogP contribution < -0.4 is 15.8 Å². The zero-order valence-electron chi connectivity index (χ0n) is 11.7. The number of ether oxygens (including phenoxy) is 1. The van der Waals surface area contributed by atoms with Gasteiger partial charge in [0.1, 0.15) is 5.75 Å². The Balaban J connectivity index is 2.23. The lowest BCUT2D eigenvalue weighted by molar-refractivity contribution is -0.121. The molecule has 0 saturated heterocycles. The summed E-state index contributed by atoms with van der Waals surface area (Å²) in [4.78, 5) is 13.4. The molecule has 0 aromatic heterocycles. The third kappa shape index (κ3) is 6.10. The van der Waals surface area contributed by atoms with Crippen LogP contribution in [-0.2, 0) is 4.79 Å². The molecule has 3 N–H and O–H groups in total. The predicted octanol–water partition coefficient (Wildman–Crippen LogP) is 1.11.